The van der Waals surface area contributed by atoms with Crippen molar-refractivity contribution in [2.24, 2.45) is 7.05 Å². The van der Waals surface area contributed by atoms with Gasteiger partial charge in [0.05, 0.1) is 48.3 Å². The molecular weight excluding hydrogens is 579 g/mol. The second-order valence-corrected chi connectivity index (χ2v) is 9.35. The molecule has 4 aromatic heterocycles. The molecule has 6 rings (SSSR count). The molecule has 222 valence electrons. The smallest absolute Gasteiger partial charge is 0.416 e. The maximum absolute atomic E-state index is 13.4. The summed E-state index contributed by atoms with van der Waals surface area (Å²) in [5, 5.41) is 13.4. The van der Waals surface area contributed by atoms with Crippen LogP contribution in [0.3, 0.4) is 0 Å². The summed E-state index contributed by atoms with van der Waals surface area (Å²) in [4.78, 5) is 25.4. The zero-order valence-corrected chi connectivity index (χ0v) is 23.1. The van der Waals surface area contributed by atoms with Gasteiger partial charge in [0.1, 0.15) is 5.75 Å². The van der Waals surface area contributed by atoms with E-state index in [-0.39, 0.29) is 17.4 Å². The van der Waals surface area contributed by atoms with Gasteiger partial charge in [-0.1, -0.05) is 18.2 Å². The number of alkyl halides is 3. The van der Waals surface area contributed by atoms with E-state index in [4.69, 9.17) is 9.47 Å². The quantitative estimate of drug-likeness (QED) is 0.226. The van der Waals surface area contributed by atoms with E-state index in [1.54, 1.807) is 55.3 Å². The predicted octanol–water partition coefficient (Wildman–Crippen LogP) is 6.05. The van der Waals surface area contributed by atoms with Crippen molar-refractivity contribution in [1.29, 1.82) is 0 Å². The van der Waals surface area contributed by atoms with E-state index in [9.17, 15) is 18.0 Å². The number of carbonyl (C=O) groups is 1. The van der Waals surface area contributed by atoms with Gasteiger partial charge in [-0.2, -0.15) is 28.4 Å². The largest absolute Gasteiger partial charge is 0.481 e. The monoisotopic (exact) mass is 601 g/mol. The number of halogens is 3. The molecule has 4 heterocycles. The molecule has 0 atom stereocenters. The fourth-order valence-electron chi connectivity index (χ4n) is 4.38. The highest BCUT2D eigenvalue weighted by Gasteiger charge is 2.31. The second-order valence-electron chi connectivity index (χ2n) is 9.35. The van der Waals surface area contributed by atoms with Crippen LogP contribution in [0.1, 0.15) is 5.56 Å². The van der Waals surface area contributed by atoms with Gasteiger partial charge in [-0.3, -0.25) is 4.68 Å². The van der Waals surface area contributed by atoms with Gasteiger partial charge >= 0.3 is 18.2 Å². The first-order valence-corrected chi connectivity index (χ1v) is 12.9. The Bertz CT molecular complexity index is 1950. The van der Waals surface area contributed by atoms with Crippen molar-refractivity contribution < 1.29 is 27.4 Å². The van der Waals surface area contributed by atoms with Crippen molar-refractivity contribution in [2.75, 3.05) is 17.7 Å². The SMILES string of the molecule is COc1ccn2ncc(-c3ccc(Oc4ncc(NC(=O)Nc5cc(C(F)(F)F)ccc5-c5ccnn5C)cn4)cc3)c2n1. The number of rotatable bonds is 7. The normalized spacial score (nSPS) is 11.4. The molecule has 0 spiro atoms. The Morgan fingerprint density at radius 2 is 1.68 bits per heavy atom. The van der Waals surface area contributed by atoms with Crippen LogP contribution in [0.15, 0.2) is 85.6 Å². The third-order valence-electron chi connectivity index (χ3n) is 6.51. The number of benzene rings is 2. The molecule has 6 aromatic rings. The third kappa shape index (κ3) is 5.83. The van der Waals surface area contributed by atoms with Crippen LogP contribution < -0.4 is 20.1 Å². The van der Waals surface area contributed by atoms with Gasteiger partial charge in [0.2, 0.25) is 5.88 Å². The number of aromatic nitrogens is 7. The van der Waals surface area contributed by atoms with Crippen molar-refractivity contribution >= 4 is 23.1 Å². The molecule has 0 aliphatic heterocycles. The Balaban J connectivity index is 1.13. The summed E-state index contributed by atoms with van der Waals surface area (Å²) in [6.45, 7) is 0. The lowest BCUT2D eigenvalue weighted by Gasteiger charge is -2.15. The van der Waals surface area contributed by atoms with Crippen molar-refractivity contribution in [3.05, 3.63) is 91.1 Å². The molecule has 15 heteroatoms. The first-order valence-electron chi connectivity index (χ1n) is 12.9. The Hall–Kier alpha value is -5.99. The summed E-state index contributed by atoms with van der Waals surface area (Å²) in [5.41, 5.74) is 2.39. The highest BCUT2D eigenvalue weighted by molar-refractivity contribution is 6.02. The lowest BCUT2D eigenvalue weighted by molar-refractivity contribution is -0.137. The number of methoxy groups -OCH3 is 1. The molecule has 0 radical (unpaired) electrons. The number of hydrogen-bond acceptors (Lipinski definition) is 8. The molecule has 0 aliphatic rings. The number of nitrogens with zero attached hydrogens (tertiary/aromatic N) is 7. The Morgan fingerprint density at radius 3 is 2.36 bits per heavy atom. The van der Waals surface area contributed by atoms with Crippen LogP contribution in [-0.4, -0.2) is 47.5 Å². The first kappa shape index (κ1) is 28.1. The number of fused-ring (bicyclic) bond motifs is 1. The Labute approximate surface area is 247 Å². The van der Waals surface area contributed by atoms with Gasteiger partial charge in [-0.05, 0) is 35.9 Å². The molecule has 0 aliphatic carbocycles. The number of urea groups is 1. The highest BCUT2D eigenvalue weighted by Crippen LogP contribution is 2.36. The summed E-state index contributed by atoms with van der Waals surface area (Å²) in [5.74, 6) is 0.929. The summed E-state index contributed by atoms with van der Waals surface area (Å²) in [6, 6.07) is 12.8. The molecule has 0 bridgehead atoms. The number of hydrogen-bond donors (Lipinski definition) is 2. The van der Waals surface area contributed by atoms with Gasteiger partial charge in [0.25, 0.3) is 0 Å². The minimum Gasteiger partial charge on any atom is -0.481 e. The summed E-state index contributed by atoms with van der Waals surface area (Å²) in [7, 11) is 3.18. The van der Waals surface area contributed by atoms with Crippen LogP contribution in [0.2, 0.25) is 0 Å². The molecule has 12 nitrogen and oxygen atoms in total. The van der Waals surface area contributed by atoms with Crippen LogP contribution in [0.4, 0.5) is 29.3 Å². The molecule has 2 N–H and O–H groups in total. The maximum atomic E-state index is 13.4. The average molecular weight is 602 g/mol. The van der Waals surface area contributed by atoms with E-state index in [1.165, 1.54) is 29.3 Å². The fourth-order valence-corrected chi connectivity index (χ4v) is 4.38. The van der Waals surface area contributed by atoms with Gasteiger partial charge in [-0.25, -0.2) is 19.3 Å². The zero-order valence-electron chi connectivity index (χ0n) is 23.1. The summed E-state index contributed by atoms with van der Waals surface area (Å²) < 4.78 is 54.2. The Morgan fingerprint density at radius 1 is 0.909 bits per heavy atom. The molecule has 44 heavy (non-hydrogen) atoms. The van der Waals surface area contributed by atoms with Gasteiger partial charge in [-0.15, -0.1) is 0 Å². The van der Waals surface area contributed by atoms with E-state index in [2.05, 4.69) is 35.8 Å². The van der Waals surface area contributed by atoms with Gasteiger partial charge in [0.15, 0.2) is 5.65 Å². The number of ether oxygens (including phenoxy) is 2. The van der Waals surface area contributed by atoms with Crippen LogP contribution in [-0.2, 0) is 13.2 Å². The lowest BCUT2D eigenvalue weighted by Crippen LogP contribution is -2.21. The lowest BCUT2D eigenvalue weighted by atomic mass is 10.1. The van der Waals surface area contributed by atoms with Crippen molar-refractivity contribution in [2.45, 2.75) is 6.18 Å². The Kier molecular flexibility index (Phi) is 7.26. The number of anilines is 2. The van der Waals surface area contributed by atoms with Crippen LogP contribution >= 0.6 is 0 Å². The van der Waals surface area contributed by atoms with Crippen LogP contribution in [0.5, 0.6) is 17.6 Å². The number of carbonyl (C=O) groups excluding carboxylic acids is 1. The van der Waals surface area contributed by atoms with E-state index in [1.807, 2.05) is 12.1 Å². The standard InChI is InChI=1S/C29H22F3N9O3/c1-40-24(9-11-35-40)21-8-5-18(29(30,31)32)13-23(21)38-27(42)37-19-14-33-28(34-15-19)44-20-6-3-17(4-7-20)22-16-36-41-12-10-25(43-2)39-26(22)41/h3-16H,1-2H3,(H2,37,38,42). The zero-order chi connectivity index (χ0) is 30.8. The van der Waals surface area contributed by atoms with E-state index < -0.39 is 17.8 Å². The topological polar surface area (TPSA) is 133 Å². The minimum atomic E-state index is -4.60. The minimum absolute atomic E-state index is 0.0162. The molecule has 2 aromatic carbocycles. The molecular formula is C29H22F3N9O3. The number of amides is 2. The van der Waals surface area contributed by atoms with E-state index in [0.29, 0.717) is 28.5 Å². The first-order chi connectivity index (χ1) is 21.2. The van der Waals surface area contributed by atoms with Crippen molar-refractivity contribution in [3.63, 3.8) is 0 Å². The predicted molar refractivity (Wildman–Crippen MR) is 153 cm³/mol. The molecule has 0 saturated carbocycles. The maximum Gasteiger partial charge on any atom is 0.416 e. The van der Waals surface area contributed by atoms with Crippen LogP contribution in [0.25, 0.3) is 28.0 Å². The van der Waals surface area contributed by atoms with Crippen LogP contribution in [0, 0.1) is 0 Å². The van der Waals surface area contributed by atoms with E-state index >= 15 is 0 Å². The summed E-state index contributed by atoms with van der Waals surface area (Å²) in [6.07, 6.45) is 2.98. The second kappa shape index (κ2) is 11.4. The van der Waals surface area contributed by atoms with Crippen molar-refractivity contribution in [3.8, 4) is 40.0 Å². The van der Waals surface area contributed by atoms with Gasteiger partial charge in [0, 0.05) is 36.6 Å². The molecule has 2 amide bonds. The average Bonchev–Trinajstić information content (AvgIpc) is 3.63. The molecule has 0 unspecified atom stereocenters. The fraction of sp³-hybridized carbons (Fsp3) is 0.103. The summed E-state index contributed by atoms with van der Waals surface area (Å²) >= 11 is 0. The van der Waals surface area contributed by atoms with Gasteiger partial charge < -0.3 is 20.1 Å². The molecule has 0 saturated heterocycles. The number of nitrogens with one attached hydrogen (secondary N) is 2. The van der Waals surface area contributed by atoms with E-state index in [0.717, 1.165) is 23.3 Å². The highest BCUT2D eigenvalue weighted by atomic mass is 19.4. The molecule has 0 fully saturated rings. The van der Waals surface area contributed by atoms with Crippen molar-refractivity contribution in [1.82, 2.24) is 34.3 Å². The third-order valence-corrected chi connectivity index (χ3v) is 6.51. The number of aryl methyl sites for hydroxylation is 1.